The van der Waals surface area contributed by atoms with Crippen molar-refractivity contribution in [1.29, 1.82) is 0 Å². The lowest BCUT2D eigenvalue weighted by molar-refractivity contribution is -0.139. The van der Waals surface area contributed by atoms with Crippen LogP contribution in [0.3, 0.4) is 0 Å². The molecule has 2 saturated heterocycles. The molecule has 0 aromatic rings. The molecular weight excluding hydrogens is 1040 g/mol. The van der Waals surface area contributed by atoms with Gasteiger partial charge in [-0.05, 0) is 317 Å². The maximum absolute atomic E-state index is 10.7. The molecular formula is C81H148O4. The lowest BCUT2D eigenvalue weighted by atomic mass is 9.77. The van der Waals surface area contributed by atoms with Crippen LogP contribution in [0.25, 0.3) is 0 Å². The number of carboxylic acids is 1. The van der Waals surface area contributed by atoms with Crippen molar-refractivity contribution in [1.82, 2.24) is 0 Å². The summed E-state index contributed by atoms with van der Waals surface area (Å²) in [6.07, 6.45) is 28.2. The van der Waals surface area contributed by atoms with Crippen molar-refractivity contribution in [2.45, 2.75) is 287 Å². The molecule has 25 atom stereocenters. The Balaban J connectivity index is 0.000000139. The maximum Gasteiger partial charge on any atom is 0.307 e. The van der Waals surface area contributed by atoms with Crippen LogP contribution >= 0.6 is 0 Å². The molecule has 2 heterocycles. The highest BCUT2D eigenvalue weighted by molar-refractivity contribution is 5.74. The zero-order valence-electron chi connectivity index (χ0n) is 60.9. The first-order chi connectivity index (χ1) is 39.9. The Bertz CT molecular complexity index is 1910. The van der Waals surface area contributed by atoms with Gasteiger partial charge in [0.25, 0.3) is 0 Å². The highest BCUT2D eigenvalue weighted by Crippen LogP contribution is 2.66. The van der Waals surface area contributed by atoms with Crippen molar-refractivity contribution in [2.24, 2.45) is 201 Å². The van der Waals surface area contributed by atoms with Crippen LogP contribution in [0.15, 0.2) is 0 Å². The lowest BCUT2D eigenvalue weighted by Gasteiger charge is -2.29. The van der Waals surface area contributed by atoms with Gasteiger partial charge >= 0.3 is 5.97 Å². The minimum absolute atomic E-state index is 0.0278. The molecule has 0 spiro atoms. The molecule has 2 aliphatic heterocycles. The average Bonchev–Trinajstić information content (AvgIpc) is 2.04. The number of rotatable bonds is 9. The Morgan fingerprint density at radius 3 is 1.41 bits per heavy atom. The van der Waals surface area contributed by atoms with Gasteiger partial charge in [-0.1, -0.05) is 159 Å². The van der Waals surface area contributed by atoms with Crippen molar-refractivity contribution >= 4 is 5.97 Å². The third-order valence-corrected chi connectivity index (χ3v) is 27.8. The van der Waals surface area contributed by atoms with E-state index in [9.17, 15) is 4.79 Å². The van der Waals surface area contributed by atoms with E-state index >= 15 is 0 Å². The monoisotopic (exact) mass is 1190 g/mol. The van der Waals surface area contributed by atoms with Gasteiger partial charge in [-0.2, -0.15) is 0 Å². The van der Waals surface area contributed by atoms with Gasteiger partial charge in [0.05, 0.1) is 12.0 Å². The third-order valence-electron chi connectivity index (χ3n) is 27.8. The van der Waals surface area contributed by atoms with Crippen LogP contribution in [0.2, 0.25) is 0 Å². The number of carboxylic acid groups (broad SMARTS) is 1. The quantitative estimate of drug-likeness (QED) is 0.250. The molecule has 4 nitrogen and oxygen atoms in total. The number of hydrogen-bond donors (Lipinski definition) is 1. The summed E-state index contributed by atoms with van der Waals surface area (Å²) in [5, 5.41) is 8.78. The van der Waals surface area contributed by atoms with Crippen molar-refractivity contribution < 1.29 is 19.4 Å². The zero-order chi connectivity index (χ0) is 62.7. The first-order valence-electron chi connectivity index (χ1n) is 38.3. The first-order valence-corrected chi connectivity index (χ1v) is 38.3. The maximum atomic E-state index is 10.7. The molecule has 14 aliphatic rings. The second-order valence-electron chi connectivity index (χ2n) is 37.1. The minimum atomic E-state index is -0.563. The van der Waals surface area contributed by atoms with Gasteiger partial charge in [-0.25, -0.2) is 0 Å². The van der Waals surface area contributed by atoms with E-state index < -0.39 is 5.97 Å². The zero-order valence-corrected chi connectivity index (χ0v) is 60.9. The van der Waals surface area contributed by atoms with Crippen molar-refractivity contribution in [3.8, 4) is 0 Å². The van der Waals surface area contributed by atoms with Crippen LogP contribution in [0, 0.1) is 201 Å². The Morgan fingerprint density at radius 2 is 0.988 bits per heavy atom. The Kier molecular flexibility index (Phi) is 26.5. The van der Waals surface area contributed by atoms with Crippen molar-refractivity contribution in [3.05, 3.63) is 0 Å². The third kappa shape index (κ3) is 20.0. The van der Waals surface area contributed by atoms with Gasteiger partial charge in [-0.15, -0.1) is 0 Å². The number of fused-ring (bicyclic) bond motifs is 6. The Hall–Kier alpha value is -0.610. The fraction of sp³-hybridized carbons (Fsp3) is 0.988. The number of aliphatic carboxylic acids is 1. The fourth-order valence-corrected chi connectivity index (χ4v) is 21.1. The van der Waals surface area contributed by atoms with E-state index in [1.54, 1.807) is 25.7 Å². The van der Waals surface area contributed by atoms with E-state index in [1.165, 1.54) is 96.3 Å². The van der Waals surface area contributed by atoms with Crippen LogP contribution in [-0.2, 0) is 14.3 Å². The van der Waals surface area contributed by atoms with Crippen LogP contribution in [0.5, 0.6) is 0 Å². The first kappa shape index (κ1) is 71.8. The summed E-state index contributed by atoms with van der Waals surface area (Å²) in [5.74, 6) is 30.7. The van der Waals surface area contributed by atoms with Crippen LogP contribution in [-0.4, -0.2) is 37.0 Å². The molecule has 4 heteroatoms. The SMILES string of the molecule is CC(C)C1CC(C)C2CC12.CC(C)C1CC(C)C2CC2C1.CC(C)C1CC2C(C1)C2C(=O)O.CC(C)C1CCC2C(C)C12.CC(C)C1CCCC2(C)CC12.CC1CC(C(C)C)CCO1.CC1CC2CC2C(C(C)C)C1.CC1COCC(C(C)C)C1. The summed E-state index contributed by atoms with van der Waals surface area (Å²) >= 11 is 0. The average molecular weight is 1190 g/mol. The van der Waals surface area contributed by atoms with E-state index in [0.717, 1.165) is 203 Å². The molecule has 0 amide bonds. The second-order valence-corrected chi connectivity index (χ2v) is 37.1. The molecule has 496 valence electrons. The molecule has 0 aromatic carbocycles. The summed E-state index contributed by atoms with van der Waals surface area (Å²) in [5.41, 5.74) is 0.799. The predicted octanol–water partition coefficient (Wildman–Crippen LogP) is 22.8. The molecule has 0 aromatic heterocycles. The highest BCUT2D eigenvalue weighted by Gasteiger charge is 2.60. The van der Waals surface area contributed by atoms with E-state index in [2.05, 4.69) is 159 Å². The van der Waals surface area contributed by atoms with E-state index in [4.69, 9.17) is 14.6 Å². The minimum Gasteiger partial charge on any atom is -0.481 e. The topological polar surface area (TPSA) is 55.8 Å². The number of hydrogen-bond acceptors (Lipinski definition) is 3. The summed E-state index contributed by atoms with van der Waals surface area (Å²) in [7, 11) is 0. The smallest absolute Gasteiger partial charge is 0.307 e. The van der Waals surface area contributed by atoms with Crippen LogP contribution in [0.1, 0.15) is 281 Å². The molecule has 14 rings (SSSR count). The van der Waals surface area contributed by atoms with E-state index in [-0.39, 0.29) is 5.92 Å². The molecule has 14 fully saturated rings. The standard InChI is InChI=1S/3C11H20.C10H16O2.2C10H18.2C9H18O/c1-7(2)9-4-8(3)11-6-10(11)5-9;1-7(2)10-5-8(3)4-9-6-11(9)10;1-8(2)9-5-4-6-11(3)7-10(9)11;1-5(2)6-3-7-8(4-6)9(7)10(11)12;1-6(2)8-4-7(3)9-5-10(8)9;1-6(2)8-4-5-9-7(3)10(8)9;1-7(2)9-4-8(3)5-10-6-9;1-7(2)9-4-5-10-8(3)6-9/h2*7-11H,4-6H2,1-3H3;8-10H,4-7H2,1-3H3;5-9H,3-4H2,1-2H3,(H,11,12);2*6-10H,4-5H2,1-3H3;2*7-9H,4-6H2,1-3H3. The molecule has 12 saturated carbocycles. The lowest BCUT2D eigenvalue weighted by Crippen LogP contribution is -2.27. The van der Waals surface area contributed by atoms with Crippen LogP contribution in [0.4, 0.5) is 0 Å². The molecule has 1 N–H and O–H groups in total. The van der Waals surface area contributed by atoms with Gasteiger partial charge in [0.15, 0.2) is 0 Å². The molecule has 25 unspecified atom stereocenters. The molecule has 0 bridgehead atoms. The van der Waals surface area contributed by atoms with Gasteiger partial charge in [0.1, 0.15) is 0 Å². The van der Waals surface area contributed by atoms with Crippen LogP contribution < -0.4 is 0 Å². The summed E-state index contributed by atoms with van der Waals surface area (Å²) in [4.78, 5) is 10.7. The summed E-state index contributed by atoms with van der Waals surface area (Å²) in [6, 6.07) is 0. The van der Waals surface area contributed by atoms with Crippen molar-refractivity contribution in [3.63, 3.8) is 0 Å². The highest BCUT2D eigenvalue weighted by atomic mass is 16.5. The second kappa shape index (κ2) is 31.3. The van der Waals surface area contributed by atoms with Gasteiger partial charge in [0, 0.05) is 19.8 Å². The number of carbonyl (C=O) groups is 1. The molecule has 12 aliphatic carbocycles. The van der Waals surface area contributed by atoms with E-state index in [1.807, 2.05) is 0 Å². The van der Waals surface area contributed by atoms with Crippen molar-refractivity contribution in [2.75, 3.05) is 19.8 Å². The number of ether oxygens (including phenoxy) is 2. The fourth-order valence-electron chi connectivity index (χ4n) is 21.1. The van der Waals surface area contributed by atoms with Gasteiger partial charge in [-0.3, -0.25) is 4.79 Å². The normalized spacial score (nSPS) is 45.7. The van der Waals surface area contributed by atoms with Gasteiger partial charge in [0.2, 0.25) is 0 Å². The summed E-state index contributed by atoms with van der Waals surface area (Å²) in [6.45, 7) is 57.2. The summed E-state index contributed by atoms with van der Waals surface area (Å²) < 4.78 is 10.9. The van der Waals surface area contributed by atoms with Gasteiger partial charge < -0.3 is 14.6 Å². The predicted molar refractivity (Wildman–Crippen MR) is 364 cm³/mol. The van der Waals surface area contributed by atoms with E-state index in [0.29, 0.717) is 17.9 Å². The molecule has 85 heavy (non-hydrogen) atoms. The molecule has 0 radical (unpaired) electrons. The largest absolute Gasteiger partial charge is 0.481 e. The Morgan fingerprint density at radius 1 is 0.435 bits per heavy atom. The Labute approximate surface area is 530 Å².